The van der Waals surface area contributed by atoms with Gasteiger partial charge in [0, 0.05) is 11.5 Å². The van der Waals surface area contributed by atoms with Gasteiger partial charge in [0.2, 0.25) is 5.91 Å². The van der Waals surface area contributed by atoms with Crippen molar-refractivity contribution in [3.8, 4) is 5.75 Å². The third-order valence-corrected chi connectivity index (χ3v) is 4.77. The van der Waals surface area contributed by atoms with Crippen molar-refractivity contribution in [3.05, 3.63) is 29.8 Å². The number of hydrogen-bond donors (Lipinski definition) is 1. The molecule has 1 amide bonds. The van der Waals surface area contributed by atoms with E-state index in [1.54, 1.807) is 13.1 Å². The first kappa shape index (κ1) is 16.3. The van der Waals surface area contributed by atoms with Crippen LogP contribution in [-0.4, -0.2) is 48.7 Å². The lowest BCUT2D eigenvalue weighted by Crippen LogP contribution is -2.33. The van der Waals surface area contributed by atoms with E-state index in [1.165, 1.54) is 0 Å². The monoisotopic (exact) mass is 336 g/mol. The highest BCUT2D eigenvalue weighted by Crippen LogP contribution is 2.24. The topological polar surface area (TPSA) is 69.2 Å². The molecule has 23 heavy (non-hydrogen) atoms. The zero-order valence-corrected chi connectivity index (χ0v) is 13.8. The molecule has 1 N–H and O–H groups in total. The highest BCUT2D eigenvalue weighted by molar-refractivity contribution is 8.00. The highest BCUT2D eigenvalue weighted by Gasteiger charge is 2.33. The Balaban J connectivity index is 1.49. The second kappa shape index (κ2) is 7.33. The van der Waals surface area contributed by atoms with Crippen LogP contribution in [0.5, 0.6) is 5.75 Å². The zero-order chi connectivity index (χ0) is 16.1. The van der Waals surface area contributed by atoms with Crippen molar-refractivity contribution in [1.82, 2.24) is 5.43 Å². The van der Waals surface area contributed by atoms with Crippen molar-refractivity contribution in [2.75, 3.05) is 24.7 Å². The van der Waals surface area contributed by atoms with Crippen molar-refractivity contribution < 1.29 is 19.0 Å². The van der Waals surface area contributed by atoms with Gasteiger partial charge in [-0.3, -0.25) is 4.79 Å². The first-order valence-electron chi connectivity index (χ1n) is 7.57. The summed E-state index contributed by atoms with van der Waals surface area (Å²) in [5, 5.41) is 3.97. The van der Waals surface area contributed by atoms with Crippen LogP contribution < -0.4 is 10.2 Å². The second-order valence-corrected chi connectivity index (χ2v) is 6.73. The number of carbonyl (C=O) groups excluding carboxylic acids is 1. The molecule has 2 aliphatic heterocycles. The Hall–Kier alpha value is -1.57. The number of nitrogens with zero attached hydrogens (tertiary/aromatic N) is 1. The van der Waals surface area contributed by atoms with E-state index in [1.807, 2.05) is 36.0 Å². The number of amides is 1. The smallest absolute Gasteiger partial charge is 0.245 e. The van der Waals surface area contributed by atoms with Gasteiger partial charge in [-0.05, 0) is 24.6 Å². The number of carbonyl (C=O) groups is 1. The summed E-state index contributed by atoms with van der Waals surface area (Å²) in [6.07, 6.45) is 2.02. The van der Waals surface area contributed by atoms with E-state index in [4.69, 9.17) is 14.2 Å². The molecule has 0 unspecified atom stereocenters. The molecule has 0 saturated carbocycles. The molecule has 2 heterocycles. The summed E-state index contributed by atoms with van der Waals surface area (Å²) in [5.74, 6) is 1.82. The number of nitrogens with one attached hydrogen (secondary N) is 1. The van der Waals surface area contributed by atoms with E-state index in [0.717, 1.165) is 22.8 Å². The minimum absolute atomic E-state index is 0.118. The summed E-state index contributed by atoms with van der Waals surface area (Å²) < 4.78 is 16.6. The van der Waals surface area contributed by atoms with Gasteiger partial charge in [0.25, 0.3) is 0 Å². The maximum atomic E-state index is 11.8. The van der Waals surface area contributed by atoms with Crippen molar-refractivity contribution in [2.24, 2.45) is 5.10 Å². The number of hydrazone groups is 1. The van der Waals surface area contributed by atoms with Gasteiger partial charge in [0.15, 0.2) is 5.79 Å². The van der Waals surface area contributed by atoms with E-state index >= 15 is 0 Å². The van der Waals surface area contributed by atoms with Crippen LogP contribution in [0.15, 0.2) is 29.4 Å². The first-order chi connectivity index (χ1) is 11.1. The average Bonchev–Trinajstić information content (AvgIpc) is 2.90. The summed E-state index contributed by atoms with van der Waals surface area (Å²) in [6.45, 7) is 2.78. The minimum Gasteiger partial charge on any atom is -0.489 e. The largest absolute Gasteiger partial charge is 0.489 e. The number of thioether (sulfide) groups is 1. The van der Waals surface area contributed by atoms with Crippen molar-refractivity contribution >= 4 is 23.9 Å². The molecule has 1 aromatic carbocycles. The summed E-state index contributed by atoms with van der Waals surface area (Å²) in [5.41, 5.74) is 3.36. The first-order valence-corrected chi connectivity index (χ1v) is 8.73. The maximum Gasteiger partial charge on any atom is 0.245 e. The molecule has 0 spiro atoms. The molecule has 2 saturated heterocycles. The van der Waals surface area contributed by atoms with Gasteiger partial charge in [-0.15, -0.1) is 0 Å². The fourth-order valence-corrected chi connectivity index (χ4v) is 2.88. The van der Waals surface area contributed by atoms with E-state index in [2.05, 4.69) is 10.5 Å². The molecule has 0 radical (unpaired) electrons. The molecule has 0 aliphatic carbocycles. The molecular formula is C16H20N2O4S. The summed E-state index contributed by atoms with van der Waals surface area (Å²) >= 11 is 1.88. The molecule has 6 nitrogen and oxygen atoms in total. The van der Waals surface area contributed by atoms with Gasteiger partial charge in [-0.2, -0.15) is 16.9 Å². The number of hydrogen-bond acceptors (Lipinski definition) is 6. The SMILES string of the molecule is CC1(CC(=O)N/N=C\c2cccc(OC3CSC3)c2)OCCO1. The lowest BCUT2D eigenvalue weighted by molar-refractivity contribution is -0.159. The summed E-state index contributed by atoms with van der Waals surface area (Å²) in [7, 11) is 0. The molecule has 7 heteroatoms. The van der Waals surface area contributed by atoms with Crippen molar-refractivity contribution in [2.45, 2.75) is 25.2 Å². The molecule has 1 aromatic rings. The Labute approximate surface area is 139 Å². The van der Waals surface area contributed by atoms with Crippen LogP contribution in [0, 0.1) is 0 Å². The van der Waals surface area contributed by atoms with Gasteiger partial charge in [-0.1, -0.05) is 12.1 Å². The van der Waals surface area contributed by atoms with Gasteiger partial charge < -0.3 is 14.2 Å². The molecule has 2 fully saturated rings. The third-order valence-electron chi connectivity index (χ3n) is 3.55. The molecule has 0 bridgehead atoms. The fraction of sp³-hybridized carbons (Fsp3) is 0.500. The molecule has 0 aromatic heterocycles. The van der Waals surface area contributed by atoms with Gasteiger partial charge in [-0.25, -0.2) is 5.43 Å². The minimum atomic E-state index is -0.839. The predicted octanol–water partition coefficient (Wildman–Crippen LogP) is 1.78. The Kier molecular flexibility index (Phi) is 5.20. The van der Waals surface area contributed by atoms with Crippen LogP contribution in [-0.2, 0) is 14.3 Å². The predicted molar refractivity (Wildman–Crippen MR) is 88.8 cm³/mol. The Morgan fingerprint density at radius 1 is 1.48 bits per heavy atom. The van der Waals surface area contributed by atoms with E-state index in [-0.39, 0.29) is 12.3 Å². The molecule has 3 rings (SSSR count). The third kappa shape index (κ3) is 4.70. The van der Waals surface area contributed by atoms with Gasteiger partial charge in [0.05, 0.1) is 25.8 Å². The van der Waals surface area contributed by atoms with Gasteiger partial charge in [0.1, 0.15) is 11.9 Å². The molecule has 0 atom stereocenters. The lowest BCUT2D eigenvalue weighted by Gasteiger charge is -2.25. The second-order valence-electron chi connectivity index (χ2n) is 5.65. The fourth-order valence-electron chi connectivity index (χ4n) is 2.31. The highest BCUT2D eigenvalue weighted by atomic mass is 32.2. The maximum absolute atomic E-state index is 11.8. The number of benzene rings is 1. The van der Waals surface area contributed by atoms with Crippen LogP contribution >= 0.6 is 11.8 Å². The lowest BCUT2D eigenvalue weighted by atomic mass is 10.2. The van der Waals surface area contributed by atoms with Crippen LogP contribution in [0.4, 0.5) is 0 Å². The van der Waals surface area contributed by atoms with Gasteiger partial charge >= 0.3 is 0 Å². The average molecular weight is 336 g/mol. The molecule has 124 valence electrons. The number of rotatable bonds is 6. The zero-order valence-electron chi connectivity index (χ0n) is 13.0. The Morgan fingerprint density at radius 2 is 2.26 bits per heavy atom. The Bertz CT molecular complexity index is 583. The van der Waals surface area contributed by atoms with Crippen LogP contribution in [0.25, 0.3) is 0 Å². The summed E-state index contributed by atoms with van der Waals surface area (Å²) in [6, 6.07) is 7.64. The van der Waals surface area contributed by atoms with E-state index in [0.29, 0.717) is 19.3 Å². The van der Waals surface area contributed by atoms with E-state index < -0.39 is 5.79 Å². The van der Waals surface area contributed by atoms with Crippen molar-refractivity contribution in [1.29, 1.82) is 0 Å². The van der Waals surface area contributed by atoms with Crippen molar-refractivity contribution in [3.63, 3.8) is 0 Å². The normalized spacial score (nSPS) is 20.4. The quantitative estimate of drug-likeness (QED) is 0.633. The van der Waals surface area contributed by atoms with Crippen LogP contribution in [0.2, 0.25) is 0 Å². The molecular weight excluding hydrogens is 316 g/mol. The van der Waals surface area contributed by atoms with Crippen LogP contribution in [0.1, 0.15) is 18.9 Å². The molecule has 2 aliphatic rings. The van der Waals surface area contributed by atoms with Crippen LogP contribution in [0.3, 0.4) is 0 Å². The van der Waals surface area contributed by atoms with E-state index in [9.17, 15) is 4.79 Å². The number of ether oxygens (including phenoxy) is 3. The standard InChI is InChI=1S/C16H20N2O4S/c1-16(20-5-6-21-16)8-15(19)18-17-9-12-3-2-4-13(7-12)22-14-10-23-11-14/h2-4,7,9,14H,5-6,8,10-11H2,1H3,(H,18,19)/b17-9-. The summed E-state index contributed by atoms with van der Waals surface area (Å²) in [4.78, 5) is 11.8. The Morgan fingerprint density at radius 3 is 2.96 bits per heavy atom.